The summed E-state index contributed by atoms with van der Waals surface area (Å²) in [4.78, 5) is 0. The van der Waals surface area contributed by atoms with E-state index in [4.69, 9.17) is 0 Å². The summed E-state index contributed by atoms with van der Waals surface area (Å²) in [5, 5.41) is 3.66. The number of hydrogen-bond donors (Lipinski definition) is 1. The van der Waals surface area contributed by atoms with Gasteiger partial charge in [-0.05, 0) is 44.2 Å². The largest absolute Gasteiger partial charge is 0.313 e. The molecule has 1 saturated carbocycles. The van der Waals surface area contributed by atoms with Crippen molar-refractivity contribution in [3.05, 3.63) is 35.4 Å². The summed E-state index contributed by atoms with van der Waals surface area (Å²) < 4.78 is 0. The van der Waals surface area contributed by atoms with Crippen molar-refractivity contribution in [2.45, 2.75) is 51.5 Å². The lowest BCUT2D eigenvalue weighted by atomic mass is 9.91. The lowest BCUT2D eigenvalue weighted by Crippen LogP contribution is -2.33. The Morgan fingerprint density at radius 3 is 2.56 bits per heavy atom. The third-order valence-electron chi connectivity index (χ3n) is 3.97. The molecule has 0 saturated heterocycles. The van der Waals surface area contributed by atoms with Gasteiger partial charge in [0.15, 0.2) is 0 Å². The van der Waals surface area contributed by atoms with Crippen molar-refractivity contribution in [3.8, 4) is 0 Å². The molecule has 1 heteroatoms. The van der Waals surface area contributed by atoms with E-state index in [0.29, 0.717) is 11.5 Å². The zero-order chi connectivity index (χ0) is 11.6. The molecular weight excluding hydrogens is 194 g/mol. The van der Waals surface area contributed by atoms with Crippen LogP contribution in [0.3, 0.4) is 0 Å². The van der Waals surface area contributed by atoms with Crippen LogP contribution in [0.4, 0.5) is 0 Å². The molecule has 1 atom stereocenters. The molecule has 1 aliphatic rings. The van der Waals surface area contributed by atoms with Crippen LogP contribution < -0.4 is 5.32 Å². The quantitative estimate of drug-likeness (QED) is 0.797. The van der Waals surface area contributed by atoms with Gasteiger partial charge in [-0.3, -0.25) is 0 Å². The Morgan fingerprint density at radius 1 is 1.31 bits per heavy atom. The van der Waals surface area contributed by atoms with E-state index in [9.17, 15) is 0 Å². The minimum atomic E-state index is 0.453. The van der Waals surface area contributed by atoms with Crippen LogP contribution in [0.2, 0.25) is 0 Å². The maximum absolute atomic E-state index is 3.66. The first-order valence-corrected chi connectivity index (χ1v) is 6.47. The van der Waals surface area contributed by atoms with Crippen LogP contribution in [0, 0.1) is 6.92 Å². The maximum Gasteiger partial charge on any atom is 0.00811 e. The molecule has 1 aliphatic carbocycles. The Morgan fingerprint density at radius 2 is 2.00 bits per heavy atom. The number of rotatable bonds is 5. The molecule has 0 spiro atoms. The van der Waals surface area contributed by atoms with Gasteiger partial charge in [-0.2, -0.15) is 0 Å². The lowest BCUT2D eigenvalue weighted by molar-refractivity contribution is 0.486. The predicted molar refractivity (Wildman–Crippen MR) is 69.8 cm³/mol. The fraction of sp³-hybridized carbons (Fsp3) is 0.600. The van der Waals surface area contributed by atoms with E-state index in [-0.39, 0.29) is 0 Å². The van der Waals surface area contributed by atoms with Crippen molar-refractivity contribution in [1.29, 1.82) is 0 Å². The highest BCUT2D eigenvalue weighted by molar-refractivity contribution is 5.38. The topological polar surface area (TPSA) is 12.0 Å². The molecule has 88 valence electrons. The zero-order valence-electron chi connectivity index (χ0n) is 10.7. The lowest BCUT2D eigenvalue weighted by Gasteiger charge is -2.21. The van der Waals surface area contributed by atoms with Crippen molar-refractivity contribution in [3.63, 3.8) is 0 Å². The summed E-state index contributed by atoms with van der Waals surface area (Å²) >= 11 is 0. The van der Waals surface area contributed by atoms with Gasteiger partial charge in [0.1, 0.15) is 0 Å². The highest BCUT2D eigenvalue weighted by Gasteiger charge is 2.44. The minimum Gasteiger partial charge on any atom is -0.313 e. The predicted octanol–water partition coefficient (Wildman–Crippen LogP) is 3.41. The van der Waals surface area contributed by atoms with Gasteiger partial charge in [0.25, 0.3) is 0 Å². The molecule has 1 aromatic carbocycles. The van der Waals surface area contributed by atoms with Gasteiger partial charge >= 0.3 is 0 Å². The Labute approximate surface area is 99.3 Å². The molecule has 1 nitrogen and oxygen atoms in total. The highest BCUT2D eigenvalue weighted by atomic mass is 14.9. The number of aryl methyl sites for hydroxylation is 1. The van der Waals surface area contributed by atoms with Gasteiger partial charge in [-0.15, -0.1) is 0 Å². The first-order valence-electron chi connectivity index (χ1n) is 6.47. The molecule has 1 unspecified atom stereocenters. The second-order valence-corrected chi connectivity index (χ2v) is 5.29. The zero-order valence-corrected chi connectivity index (χ0v) is 10.7. The number of nitrogens with one attached hydrogen (secondary N) is 1. The standard InChI is InChI=1S/C15H23N/c1-4-13(3)16-11-15(9-10-15)14-8-6-5-7-12(14)2/h5-8,13,16H,4,9-11H2,1-3H3. The van der Waals surface area contributed by atoms with E-state index in [0.717, 1.165) is 6.54 Å². The van der Waals surface area contributed by atoms with Crippen LogP contribution in [0.15, 0.2) is 24.3 Å². The van der Waals surface area contributed by atoms with E-state index in [1.54, 1.807) is 5.56 Å². The van der Waals surface area contributed by atoms with E-state index < -0.39 is 0 Å². The third-order valence-corrected chi connectivity index (χ3v) is 3.97. The van der Waals surface area contributed by atoms with Crippen molar-refractivity contribution >= 4 is 0 Å². The van der Waals surface area contributed by atoms with Crippen molar-refractivity contribution in [1.82, 2.24) is 5.32 Å². The average molecular weight is 217 g/mol. The van der Waals surface area contributed by atoms with Crippen molar-refractivity contribution in [2.24, 2.45) is 0 Å². The van der Waals surface area contributed by atoms with E-state index in [1.807, 2.05) is 0 Å². The molecule has 0 aliphatic heterocycles. The van der Waals surface area contributed by atoms with Crippen LogP contribution in [0.5, 0.6) is 0 Å². The number of hydrogen-bond acceptors (Lipinski definition) is 1. The van der Waals surface area contributed by atoms with Crippen LogP contribution >= 0.6 is 0 Å². The molecule has 1 aromatic rings. The normalized spacial score (nSPS) is 19.4. The van der Waals surface area contributed by atoms with Crippen LogP contribution in [0.25, 0.3) is 0 Å². The summed E-state index contributed by atoms with van der Waals surface area (Å²) in [5.41, 5.74) is 3.46. The highest BCUT2D eigenvalue weighted by Crippen LogP contribution is 2.48. The smallest absolute Gasteiger partial charge is 0.00811 e. The molecule has 1 fully saturated rings. The maximum atomic E-state index is 3.66. The molecule has 16 heavy (non-hydrogen) atoms. The van der Waals surface area contributed by atoms with Crippen LogP contribution in [-0.2, 0) is 5.41 Å². The Bertz CT molecular complexity index is 352. The summed E-state index contributed by atoms with van der Waals surface area (Å²) in [7, 11) is 0. The molecule has 0 amide bonds. The Hall–Kier alpha value is -0.820. The van der Waals surface area contributed by atoms with Gasteiger partial charge in [-0.1, -0.05) is 31.2 Å². The number of benzene rings is 1. The van der Waals surface area contributed by atoms with E-state index in [2.05, 4.69) is 50.4 Å². The second kappa shape index (κ2) is 4.58. The summed E-state index contributed by atoms with van der Waals surface area (Å²) in [6.07, 6.45) is 3.91. The van der Waals surface area contributed by atoms with Gasteiger partial charge in [0.2, 0.25) is 0 Å². The molecular formula is C15H23N. The summed E-state index contributed by atoms with van der Waals surface area (Å²) in [6.45, 7) is 7.89. The average Bonchev–Trinajstić information content (AvgIpc) is 3.07. The molecule has 0 heterocycles. The van der Waals surface area contributed by atoms with Gasteiger partial charge in [0, 0.05) is 18.0 Å². The van der Waals surface area contributed by atoms with Crippen LogP contribution in [0.1, 0.15) is 44.2 Å². The third kappa shape index (κ3) is 2.30. The first-order chi connectivity index (χ1) is 7.68. The molecule has 2 rings (SSSR count). The molecule has 0 radical (unpaired) electrons. The van der Waals surface area contributed by atoms with Crippen molar-refractivity contribution < 1.29 is 0 Å². The monoisotopic (exact) mass is 217 g/mol. The van der Waals surface area contributed by atoms with Crippen LogP contribution in [-0.4, -0.2) is 12.6 Å². The van der Waals surface area contributed by atoms with Gasteiger partial charge in [0.05, 0.1) is 0 Å². The SMILES string of the molecule is CCC(C)NCC1(c2ccccc2C)CC1. The molecule has 1 N–H and O–H groups in total. The fourth-order valence-electron chi connectivity index (χ4n) is 2.37. The molecule has 0 aromatic heterocycles. The summed E-state index contributed by atoms with van der Waals surface area (Å²) in [6, 6.07) is 9.49. The van der Waals surface area contributed by atoms with Gasteiger partial charge in [-0.25, -0.2) is 0 Å². The second-order valence-electron chi connectivity index (χ2n) is 5.29. The first kappa shape index (κ1) is 11.7. The Balaban J connectivity index is 2.06. The minimum absolute atomic E-state index is 0.453. The Kier molecular flexibility index (Phi) is 3.34. The van der Waals surface area contributed by atoms with Gasteiger partial charge < -0.3 is 5.32 Å². The molecule has 0 bridgehead atoms. The fourth-order valence-corrected chi connectivity index (χ4v) is 2.37. The van der Waals surface area contributed by atoms with E-state index in [1.165, 1.54) is 24.8 Å². The summed E-state index contributed by atoms with van der Waals surface area (Å²) in [5.74, 6) is 0. The van der Waals surface area contributed by atoms with Crippen molar-refractivity contribution in [2.75, 3.05) is 6.54 Å². The van der Waals surface area contributed by atoms with E-state index >= 15 is 0 Å².